The van der Waals surface area contributed by atoms with Crippen molar-refractivity contribution in [1.82, 2.24) is 24.6 Å². The van der Waals surface area contributed by atoms with Crippen LogP contribution >= 0.6 is 0 Å². The molecule has 0 bridgehead atoms. The molecule has 8 nitrogen and oxygen atoms in total. The fourth-order valence-corrected chi connectivity index (χ4v) is 3.20. The van der Waals surface area contributed by atoms with E-state index in [-0.39, 0.29) is 29.5 Å². The number of aryl methyl sites for hydroxylation is 1. The third-order valence-electron chi connectivity index (χ3n) is 4.63. The van der Waals surface area contributed by atoms with Gasteiger partial charge >= 0.3 is 0 Å². The minimum absolute atomic E-state index is 0.0858. The summed E-state index contributed by atoms with van der Waals surface area (Å²) in [6, 6.07) is 0. The average molecular weight is 361 g/mol. The molecule has 1 unspecified atom stereocenters. The maximum Gasteiger partial charge on any atom is 0.264 e. The van der Waals surface area contributed by atoms with Crippen LogP contribution in [-0.4, -0.2) is 44.5 Å². The highest BCUT2D eigenvalue weighted by Gasteiger charge is 2.21. The maximum atomic E-state index is 12.8. The Kier molecular flexibility index (Phi) is 5.13. The van der Waals surface area contributed by atoms with Crippen molar-refractivity contribution < 1.29 is 9.53 Å². The van der Waals surface area contributed by atoms with Gasteiger partial charge in [0.15, 0.2) is 5.65 Å². The molecule has 1 aliphatic heterocycles. The third-order valence-corrected chi connectivity index (χ3v) is 4.63. The molecule has 1 aliphatic rings. The molecule has 26 heavy (non-hydrogen) atoms. The summed E-state index contributed by atoms with van der Waals surface area (Å²) in [7, 11) is 0. The predicted molar refractivity (Wildman–Crippen MR) is 98.1 cm³/mol. The lowest BCUT2D eigenvalue weighted by Crippen LogP contribution is -2.33. The predicted octanol–water partition coefficient (Wildman–Crippen LogP) is 1.34. The van der Waals surface area contributed by atoms with Gasteiger partial charge in [-0.1, -0.05) is 0 Å². The van der Waals surface area contributed by atoms with Crippen molar-refractivity contribution in [2.45, 2.75) is 65.1 Å². The van der Waals surface area contributed by atoms with Crippen LogP contribution < -0.4 is 10.9 Å². The number of hydrogen-bond donors (Lipinski definition) is 1. The molecule has 3 rings (SSSR count). The zero-order valence-electron chi connectivity index (χ0n) is 15.9. The number of rotatable bonds is 5. The molecular weight excluding hydrogens is 334 g/mol. The standard InChI is InChI=1S/C18H27N5O3/c1-12-21-16-14(11-20-23(16)18(2,3)4)17(25)22(12)8-7-15(24)19-10-13-6-5-9-26-13/h11,13H,5-10H2,1-4H3,(H,19,24). The van der Waals surface area contributed by atoms with Crippen LogP contribution in [0.2, 0.25) is 0 Å². The van der Waals surface area contributed by atoms with E-state index in [1.165, 1.54) is 0 Å². The van der Waals surface area contributed by atoms with Crippen molar-refractivity contribution >= 4 is 16.9 Å². The van der Waals surface area contributed by atoms with E-state index >= 15 is 0 Å². The van der Waals surface area contributed by atoms with Crippen molar-refractivity contribution in [3.8, 4) is 0 Å². The quantitative estimate of drug-likeness (QED) is 0.868. The zero-order valence-corrected chi connectivity index (χ0v) is 15.9. The highest BCUT2D eigenvalue weighted by Crippen LogP contribution is 2.18. The van der Waals surface area contributed by atoms with Gasteiger partial charge in [0.1, 0.15) is 11.2 Å². The van der Waals surface area contributed by atoms with Crippen molar-refractivity contribution in [2.75, 3.05) is 13.2 Å². The van der Waals surface area contributed by atoms with Crippen LogP contribution in [0.4, 0.5) is 0 Å². The molecule has 0 spiro atoms. The van der Waals surface area contributed by atoms with Crippen LogP contribution in [0.15, 0.2) is 11.0 Å². The van der Waals surface area contributed by atoms with Crippen LogP contribution in [0, 0.1) is 6.92 Å². The number of nitrogens with one attached hydrogen (secondary N) is 1. The Morgan fingerprint density at radius 3 is 2.85 bits per heavy atom. The Labute approximate surface area is 152 Å². The van der Waals surface area contributed by atoms with Crippen LogP contribution in [0.5, 0.6) is 0 Å². The van der Waals surface area contributed by atoms with E-state index in [2.05, 4.69) is 15.4 Å². The van der Waals surface area contributed by atoms with E-state index in [1.807, 2.05) is 20.8 Å². The summed E-state index contributed by atoms with van der Waals surface area (Å²) in [5.74, 6) is 0.498. The Morgan fingerprint density at radius 2 is 2.19 bits per heavy atom. The SMILES string of the molecule is Cc1nc2c(cnn2C(C)(C)C)c(=O)n1CCC(=O)NCC1CCCO1. The molecule has 1 amide bonds. The Balaban J connectivity index is 1.72. The lowest BCUT2D eigenvalue weighted by molar-refractivity contribution is -0.121. The van der Waals surface area contributed by atoms with Gasteiger partial charge in [0.2, 0.25) is 5.91 Å². The molecule has 0 aliphatic carbocycles. The average Bonchev–Trinajstić information content (AvgIpc) is 3.21. The molecule has 0 aromatic carbocycles. The molecule has 1 saturated heterocycles. The fraction of sp³-hybridized carbons (Fsp3) is 0.667. The molecule has 0 saturated carbocycles. The van der Waals surface area contributed by atoms with Gasteiger partial charge in [-0.2, -0.15) is 5.10 Å². The minimum atomic E-state index is -0.262. The number of fused-ring (bicyclic) bond motifs is 1. The van der Waals surface area contributed by atoms with Gasteiger partial charge in [-0.25, -0.2) is 9.67 Å². The van der Waals surface area contributed by atoms with E-state index in [1.54, 1.807) is 22.4 Å². The lowest BCUT2D eigenvalue weighted by Gasteiger charge is -2.20. The largest absolute Gasteiger partial charge is 0.376 e. The highest BCUT2D eigenvalue weighted by atomic mass is 16.5. The number of amides is 1. The lowest BCUT2D eigenvalue weighted by atomic mass is 10.1. The summed E-state index contributed by atoms with van der Waals surface area (Å²) in [4.78, 5) is 29.4. The fourth-order valence-electron chi connectivity index (χ4n) is 3.20. The summed E-state index contributed by atoms with van der Waals surface area (Å²) >= 11 is 0. The topological polar surface area (TPSA) is 91.0 Å². The number of hydrogen-bond acceptors (Lipinski definition) is 5. The summed E-state index contributed by atoms with van der Waals surface area (Å²) in [5, 5.41) is 7.68. The molecule has 1 fully saturated rings. The summed E-state index contributed by atoms with van der Waals surface area (Å²) < 4.78 is 8.80. The van der Waals surface area contributed by atoms with Gasteiger partial charge in [-0.3, -0.25) is 14.2 Å². The summed E-state index contributed by atoms with van der Waals surface area (Å²) in [6.07, 6.45) is 3.93. The first-order valence-electron chi connectivity index (χ1n) is 9.11. The normalized spacial score (nSPS) is 17.8. The van der Waals surface area contributed by atoms with Gasteiger partial charge in [-0.15, -0.1) is 0 Å². The minimum Gasteiger partial charge on any atom is -0.376 e. The monoisotopic (exact) mass is 361 g/mol. The van der Waals surface area contributed by atoms with Crippen molar-refractivity contribution in [3.63, 3.8) is 0 Å². The first-order valence-corrected chi connectivity index (χ1v) is 9.11. The number of ether oxygens (including phenoxy) is 1. The Morgan fingerprint density at radius 1 is 1.42 bits per heavy atom. The van der Waals surface area contributed by atoms with E-state index < -0.39 is 0 Å². The van der Waals surface area contributed by atoms with E-state index in [4.69, 9.17) is 4.74 Å². The van der Waals surface area contributed by atoms with Gasteiger partial charge in [0, 0.05) is 26.1 Å². The Bertz CT molecular complexity index is 856. The van der Waals surface area contributed by atoms with E-state index in [0.717, 1.165) is 19.4 Å². The number of nitrogens with zero attached hydrogens (tertiary/aromatic N) is 4. The second kappa shape index (κ2) is 7.19. The molecule has 1 atom stereocenters. The zero-order chi connectivity index (χ0) is 18.9. The summed E-state index contributed by atoms with van der Waals surface area (Å²) in [5.41, 5.74) is 0.163. The van der Waals surface area contributed by atoms with Crippen LogP contribution in [-0.2, 0) is 21.6 Å². The van der Waals surface area contributed by atoms with Gasteiger partial charge in [-0.05, 0) is 40.5 Å². The molecule has 2 aromatic heterocycles. The van der Waals surface area contributed by atoms with E-state index in [9.17, 15) is 9.59 Å². The first-order chi connectivity index (χ1) is 12.3. The molecule has 3 heterocycles. The highest BCUT2D eigenvalue weighted by molar-refractivity contribution is 5.76. The van der Waals surface area contributed by atoms with Gasteiger partial charge in [0.05, 0.1) is 17.8 Å². The number of carbonyl (C=O) groups excluding carboxylic acids is 1. The molecular formula is C18H27N5O3. The maximum absolute atomic E-state index is 12.8. The second-order valence-electron chi connectivity index (χ2n) is 7.77. The van der Waals surface area contributed by atoms with Crippen LogP contribution in [0.25, 0.3) is 11.0 Å². The van der Waals surface area contributed by atoms with Crippen molar-refractivity contribution in [2.24, 2.45) is 0 Å². The van der Waals surface area contributed by atoms with Crippen LogP contribution in [0.1, 0.15) is 45.9 Å². The molecule has 142 valence electrons. The number of carbonyl (C=O) groups is 1. The molecule has 8 heteroatoms. The van der Waals surface area contributed by atoms with E-state index in [0.29, 0.717) is 29.9 Å². The third kappa shape index (κ3) is 3.80. The van der Waals surface area contributed by atoms with Gasteiger partial charge < -0.3 is 10.1 Å². The smallest absolute Gasteiger partial charge is 0.264 e. The molecule has 1 N–H and O–H groups in total. The molecule has 0 radical (unpaired) electrons. The number of aromatic nitrogens is 4. The second-order valence-corrected chi connectivity index (χ2v) is 7.77. The van der Waals surface area contributed by atoms with Gasteiger partial charge in [0.25, 0.3) is 5.56 Å². The van der Waals surface area contributed by atoms with Crippen LogP contribution in [0.3, 0.4) is 0 Å². The van der Waals surface area contributed by atoms with Crippen molar-refractivity contribution in [1.29, 1.82) is 0 Å². The summed E-state index contributed by atoms with van der Waals surface area (Å²) in [6.45, 7) is 9.42. The molecule has 2 aromatic rings. The first kappa shape index (κ1) is 18.6. The van der Waals surface area contributed by atoms with Crippen molar-refractivity contribution in [3.05, 3.63) is 22.4 Å². The Hall–Kier alpha value is -2.22.